The Labute approximate surface area is 145 Å². The van der Waals surface area contributed by atoms with Crippen molar-refractivity contribution in [2.75, 3.05) is 18.4 Å². The molecule has 1 fully saturated rings. The van der Waals surface area contributed by atoms with E-state index in [1.807, 2.05) is 0 Å². The molecule has 1 saturated heterocycles. The second-order valence-electron chi connectivity index (χ2n) is 6.99. The summed E-state index contributed by atoms with van der Waals surface area (Å²) in [5.41, 5.74) is -0.691. The number of nitrogens with zero attached hydrogens (tertiary/aromatic N) is 1. The van der Waals surface area contributed by atoms with E-state index in [0.717, 1.165) is 6.07 Å². The molecule has 0 bridgehead atoms. The first-order chi connectivity index (χ1) is 11.6. The molecule has 2 N–H and O–H groups in total. The van der Waals surface area contributed by atoms with Crippen molar-refractivity contribution in [3.05, 3.63) is 29.8 Å². The summed E-state index contributed by atoms with van der Waals surface area (Å²) in [7, 11) is 0. The third-order valence-electron chi connectivity index (χ3n) is 3.60. The molecule has 0 spiro atoms. The van der Waals surface area contributed by atoms with Crippen LogP contribution in [0.5, 0.6) is 0 Å². The van der Waals surface area contributed by atoms with Crippen LogP contribution >= 0.6 is 0 Å². The summed E-state index contributed by atoms with van der Waals surface area (Å²) in [6, 6.07) is 2.21. The number of likely N-dealkylation sites (tertiary alicyclic amines) is 1. The van der Waals surface area contributed by atoms with Gasteiger partial charge in [0.15, 0.2) is 0 Å². The van der Waals surface area contributed by atoms with Crippen molar-refractivity contribution >= 4 is 17.8 Å². The zero-order valence-corrected chi connectivity index (χ0v) is 14.6. The highest BCUT2D eigenvalue weighted by molar-refractivity contribution is 5.89. The van der Waals surface area contributed by atoms with E-state index in [9.17, 15) is 18.4 Å². The molecule has 2 rings (SSSR count). The van der Waals surface area contributed by atoms with Gasteiger partial charge in [-0.3, -0.25) is 0 Å². The molecule has 0 unspecified atom stereocenters. The van der Waals surface area contributed by atoms with Crippen LogP contribution in [0.15, 0.2) is 18.2 Å². The minimum absolute atomic E-state index is 0.0892. The van der Waals surface area contributed by atoms with Crippen molar-refractivity contribution in [3.63, 3.8) is 0 Å². The summed E-state index contributed by atoms with van der Waals surface area (Å²) in [6.45, 7) is 6.08. The zero-order chi connectivity index (χ0) is 18.6. The number of amides is 3. The van der Waals surface area contributed by atoms with Gasteiger partial charge >= 0.3 is 12.1 Å². The number of ether oxygens (including phenoxy) is 1. The van der Waals surface area contributed by atoms with Gasteiger partial charge in [-0.05, 0) is 45.7 Å². The smallest absolute Gasteiger partial charge is 0.407 e. The Morgan fingerprint density at radius 1 is 1.28 bits per heavy atom. The first kappa shape index (κ1) is 19.0. The van der Waals surface area contributed by atoms with Gasteiger partial charge in [-0.15, -0.1) is 0 Å². The summed E-state index contributed by atoms with van der Waals surface area (Å²) in [6.07, 6.45) is 0.873. The highest BCUT2D eigenvalue weighted by Crippen LogP contribution is 2.17. The first-order valence-corrected chi connectivity index (χ1v) is 8.14. The Hall–Kier alpha value is -2.38. The van der Waals surface area contributed by atoms with E-state index in [1.165, 1.54) is 11.0 Å². The number of nitrogens with one attached hydrogen (secondary N) is 2. The van der Waals surface area contributed by atoms with Crippen LogP contribution in [-0.4, -0.2) is 41.8 Å². The van der Waals surface area contributed by atoms with Crippen molar-refractivity contribution < 1.29 is 23.1 Å². The zero-order valence-electron chi connectivity index (χ0n) is 14.6. The number of hydrogen-bond acceptors (Lipinski definition) is 3. The molecular formula is C17H23F2N3O3. The Bertz CT molecular complexity index is 647. The number of carbonyl (C=O) groups excluding carboxylic acids is 2. The van der Waals surface area contributed by atoms with Gasteiger partial charge in [0.2, 0.25) is 0 Å². The number of halogens is 2. The number of rotatable bonds is 2. The number of benzene rings is 1. The number of piperidine rings is 1. The highest BCUT2D eigenvalue weighted by Gasteiger charge is 2.27. The molecule has 0 radical (unpaired) electrons. The predicted octanol–water partition coefficient (Wildman–Crippen LogP) is 3.49. The van der Waals surface area contributed by atoms with Crippen LogP contribution in [0.3, 0.4) is 0 Å². The van der Waals surface area contributed by atoms with Crippen molar-refractivity contribution in [1.29, 1.82) is 0 Å². The molecule has 0 aliphatic carbocycles. The molecule has 1 atom stereocenters. The molecule has 3 amide bonds. The molecule has 1 aromatic carbocycles. The topological polar surface area (TPSA) is 70.7 Å². The summed E-state index contributed by atoms with van der Waals surface area (Å²) in [4.78, 5) is 25.6. The Balaban J connectivity index is 1.91. The summed E-state index contributed by atoms with van der Waals surface area (Å²) in [5.74, 6) is -1.55. The second kappa shape index (κ2) is 7.67. The lowest BCUT2D eigenvalue weighted by atomic mass is 10.1. The van der Waals surface area contributed by atoms with Gasteiger partial charge in [0, 0.05) is 25.2 Å². The van der Waals surface area contributed by atoms with E-state index in [2.05, 4.69) is 10.6 Å². The van der Waals surface area contributed by atoms with Crippen molar-refractivity contribution in [2.24, 2.45) is 0 Å². The molecule has 1 aromatic rings. The van der Waals surface area contributed by atoms with Crippen LogP contribution in [0.1, 0.15) is 33.6 Å². The third kappa shape index (κ3) is 5.88. The monoisotopic (exact) mass is 355 g/mol. The van der Waals surface area contributed by atoms with E-state index in [4.69, 9.17) is 4.74 Å². The first-order valence-electron chi connectivity index (χ1n) is 8.14. The molecule has 138 valence electrons. The maximum Gasteiger partial charge on any atom is 0.407 e. The normalized spacial score (nSPS) is 17.8. The standard InChI is InChI=1S/C17H23F2N3O3/c1-17(2,3)25-16(24)20-12-5-4-8-22(10-12)15(23)21-14-7-6-11(18)9-13(14)19/h6-7,9,12H,4-5,8,10H2,1-3H3,(H,20,24)(H,21,23)/t12-/m0/s1. The van der Waals surface area contributed by atoms with Crippen molar-refractivity contribution in [1.82, 2.24) is 10.2 Å². The van der Waals surface area contributed by atoms with E-state index in [1.54, 1.807) is 20.8 Å². The summed E-state index contributed by atoms with van der Waals surface area (Å²) in [5, 5.41) is 5.16. The average molecular weight is 355 g/mol. The number of alkyl carbamates (subject to hydrolysis) is 1. The molecule has 1 aliphatic rings. The lowest BCUT2D eigenvalue weighted by molar-refractivity contribution is 0.0480. The second-order valence-corrected chi connectivity index (χ2v) is 6.99. The van der Waals surface area contributed by atoms with Gasteiger partial charge in [-0.1, -0.05) is 0 Å². The lowest BCUT2D eigenvalue weighted by Gasteiger charge is -2.33. The van der Waals surface area contributed by atoms with Crippen molar-refractivity contribution in [3.8, 4) is 0 Å². The fourth-order valence-electron chi connectivity index (χ4n) is 2.54. The van der Waals surface area contributed by atoms with Crippen LogP contribution in [0, 0.1) is 11.6 Å². The largest absolute Gasteiger partial charge is 0.444 e. The molecule has 8 heteroatoms. The summed E-state index contributed by atoms with van der Waals surface area (Å²) < 4.78 is 31.8. The fourth-order valence-corrected chi connectivity index (χ4v) is 2.54. The lowest BCUT2D eigenvalue weighted by Crippen LogP contribution is -2.51. The number of hydrogen-bond donors (Lipinski definition) is 2. The van der Waals surface area contributed by atoms with E-state index >= 15 is 0 Å². The van der Waals surface area contributed by atoms with Crippen LogP contribution in [0.4, 0.5) is 24.1 Å². The highest BCUT2D eigenvalue weighted by atomic mass is 19.1. The quantitative estimate of drug-likeness (QED) is 0.853. The minimum atomic E-state index is -0.839. The fraction of sp³-hybridized carbons (Fsp3) is 0.529. The predicted molar refractivity (Wildman–Crippen MR) is 89.3 cm³/mol. The molecule has 6 nitrogen and oxygen atoms in total. The van der Waals surface area contributed by atoms with Crippen LogP contribution in [0.2, 0.25) is 0 Å². The Morgan fingerprint density at radius 3 is 2.64 bits per heavy atom. The van der Waals surface area contributed by atoms with Gasteiger partial charge in [-0.25, -0.2) is 18.4 Å². The number of anilines is 1. The SMILES string of the molecule is CC(C)(C)OC(=O)N[C@H]1CCCN(C(=O)Nc2ccc(F)cc2F)C1. The van der Waals surface area contributed by atoms with Crippen LogP contribution < -0.4 is 10.6 Å². The average Bonchev–Trinajstić information content (AvgIpc) is 2.48. The van der Waals surface area contributed by atoms with Crippen LogP contribution in [0.25, 0.3) is 0 Å². The van der Waals surface area contributed by atoms with Gasteiger partial charge in [0.05, 0.1) is 5.69 Å². The van der Waals surface area contributed by atoms with Crippen molar-refractivity contribution in [2.45, 2.75) is 45.3 Å². The molecule has 25 heavy (non-hydrogen) atoms. The Morgan fingerprint density at radius 2 is 2.00 bits per heavy atom. The van der Waals surface area contributed by atoms with Gasteiger partial charge in [0.1, 0.15) is 17.2 Å². The van der Waals surface area contributed by atoms with Crippen LogP contribution in [-0.2, 0) is 4.74 Å². The van der Waals surface area contributed by atoms with Gasteiger partial charge < -0.3 is 20.3 Å². The van der Waals surface area contributed by atoms with E-state index in [-0.39, 0.29) is 18.3 Å². The van der Waals surface area contributed by atoms with Gasteiger partial charge in [-0.2, -0.15) is 0 Å². The van der Waals surface area contributed by atoms with E-state index in [0.29, 0.717) is 25.5 Å². The maximum absolute atomic E-state index is 13.6. The number of urea groups is 1. The molecular weight excluding hydrogens is 332 g/mol. The molecule has 1 heterocycles. The Kier molecular flexibility index (Phi) is 5.81. The molecule has 0 aromatic heterocycles. The van der Waals surface area contributed by atoms with E-state index < -0.39 is 29.4 Å². The minimum Gasteiger partial charge on any atom is -0.444 e. The molecule has 1 aliphatic heterocycles. The van der Waals surface area contributed by atoms with Gasteiger partial charge in [0.25, 0.3) is 0 Å². The summed E-state index contributed by atoms with van der Waals surface area (Å²) >= 11 is 0. The number of carbonyl (C=O) groups is 2. The molecule has 0 saturated carbocycles. The third-order valence-corrected chi connectivity index (χ3v) is 3.60. The maximum atomic E-state index is 13.6.